The Hall–Kier alpha value is -1.35. The number of aryl methyl sites for hydroxylation is 1. The lowest BCUT2D eigenvalue weighted by Gasteiger charge is -2.14. The van der Waals surface area contributed by atoms with Crippen molar-refractivity contribution in [1.82, 2.24) is 5.32 Å². The fourth-order valence-corrected chi connectivity index (χ4v) is 1.48. The summed E-state index contributed by atoms with van der Waals surface area (Å²) in [6.07, 6.45) is 0.656. The minimum Gasteiger partial charge on any atom is -0.368 e. The van der Waals surface area contributed by atoms with Crippen molar-refractivity contribution >= 4 is 5.91 Å². The van der Waals surface area contributed by atoms with Crippen molar-refractivity contribution < 1.29 is 4.79 Å². The van der Waals surface area contributed by atoms with Gasteiger partial charge in [-0.25, -0.2) is 0 Å². The minimum atomic E-state index is -0.294. The molecule has 1 aromatic rings. The minimum absolute atomic E-state index is 0.266. The lowest BCUT2D eigenvalue weighted by Crippen LogP contribution is -2.42. The average molecular weight is 206 g/mol. The highest BCUT2D eigenvalue weighted by Crippen LogP contribution is 2.06. The van der Waals surface area contributed by atoms with Gasteiger partial charge in [-0.15, -0.1) is 0 Å². The Labute approximate surface area is 90.7 Å². The van der Waals surface area contributed by atoms with Gasteiger partial charge in [-0.3, -0.25) is 4.79 Å². The summed E-state index contributed by atoms with van der Waals surface area (Å²) in [6.45, 7) is 4.75. The maximum Gasteiger partial charge on any atom is 0.234 e. The largest absolute Gasteiger partial charge is 0.368 e. The van der Waals surface area contributed by atoms with E-state index >= 15 is 0 Å². The summed E-state index contributed by atoms with van der Waals surface area (Å²) in [5, 5.41) is 3.07. The number of likely N-dealkylation sites (N-methyl/N-ethyl adjacent to an activating group) is 1. The first-order valence-electron chi connectivity index (χ1n) is 5.21. The second-order valence-electron chi connectivity index (χ2n) is 3.70. The molecule has 0 aliphatic heterocycles. The molecule has 0 aromatic heterocycles. The molecule has 1 rings (SSSR count). The predicted octanol–water partition coefficient (Wildman–Crippen LogP) is 1.00. The van der Waals surface area contributed by atoms with Crippen LogP contribution in [0.4, 0.5) is 0 Å². The standard InChI is InChI=1S/C12H18N2O/c1-3-14-11(12(13)15)8-10-6-4-9(2)5-7-10/h4-7,11,14H,3,8H2,1-2H3,(H2,13,15)/t11-/m0/s1. The number of rotatable bonds is 5. The van der Waals surface area contributed by atoms with E-state index in [1.165, 1.54) is 5.56 Å². The third-order valence-corrected chi connectivity index (χ3v) is 2.35. The molecule has 82 valence electrons. The van der Waals surface area contributed by atoms with Crippen LogP contribution in [-0.4, -0.2) is 18.5 Å². The lowest BCUT2D eigenvalue weighted by atomic mass is 10.0. The Bertz CT molecular complexity index is 319. The molecule has 0 aliphatic carbocycles. The smallest absolute Gasteiger partial charge is 0.234 e. The monoisotopic (exact) mass is 206 g/mol. The van der Waals surface area contributed by atoms with Gasteiger partial charge < -0.3 is 11.1 Å². The molecule has 1 atom stereocenters. The van der Waals surface area contributed by atoms with Gasteiger partial charge in [-0.1, -0.05) is 36.8 Å². The molecule has 1 aromatic carbocycles. The van der Waals surface area contributed by atoms with Gasteiger partial charge in [0.25, 0.3) is 0 Å². The summed E-state index contributed by atoms with van der Waals surface area (Å²) < 4.78 is 0. The van der Waals surface area contributed by atoms with Crippen LogP contribution in [-0.2, 0) is 11.2 Å². The summed E-state index contributed by atoms with van der Waals surface area (Å²) >= 11 is 0. The highest BCUT2D eigenvalue weighted by Gasteiger charge is 2.13. The first kappa shape index (κ1) is 11.7. The van der Waals surface area contributed by atoms with E-state index < -0.39 is 0 Å². The van der Waals surface area contributed by atoms with Crippen molar-refractivity contribution in [3.63, 3.8) is 0 Å². The van der Waals surface area contributed by atoms with Crippen molar-refractivity contribution in [3.8, 4) is 0 Å². The van der Waals surface area contributed by atoms with Gasteiger partial charge in [-0.05, 0) is 25.5 Å². The summed E-state index contributed by atoms with van der Waals surface area (Å²) in [4.78, 5) is 11.1. The Morgan fingerprint density at radius 2 is 2.00 bits per heavy atom. The zero-order valence-corrected chi connectivity index (χ0v) is 9.29. The lowest BCUT2D eigenvalue weighted by molar-refractivity contribution is -0.120. The van der Waals surface area contributed by atoms with Crippen LogP contribution < -0.4 is 11.1 Å². The van der Waals surface area contributed by atoms with Crippen molar-refractivity contribution in [2.75, 3.05) is 6.54 Å². The number of amides is 1. The first-order valence-corrected chi connectivity index (χ1v) is 5.21. The summed E-state index contributed by atoms with van der Waals surface area (Å²) in [5.41, 5.74) is 7.65. The molecule has 3 heteroatoms. The number of nitrogens with one attached hydrogen (secondary N) is 1. The quantitative estimate of drug-likeness (QED) is 0.755. The molecule has 0 saturated carbocycles. The van der Waals surface area contributed by atoms with Gasteiger partial charge in [0.15, 0.2) is 0 Å². The SMILES string of the molecule is CCN[C@@H](Cc1ccc(C)cc1)C(N)=O. The molecule has 0 spiro atoms. The van der Waals surface area contributed by atoms with Crippen LogP contribution in [0.3, 0.4) is 0 Å². The van der Waals surface area contributed by atoms with Crippen molar-refractivity contribution in [3.05, 3.63) is 35.4 Å². The number of carbonyl (C=O) groups is 1. The molecule has 0 heterocycles. The second kappa shape index (κ2) is 5.51. The average Bonchev–Trinajstić information content (AvgIpc) is 2.20. The van der Waals surface area contributed by atoms with Gasteiger partial charge in [0.05, 0.1) is 6.04 Å². The van der Waals surface area contributed by atoms with Gasteiger partial charge >= 0.3 is 0 Å². The summed E-state index contributed by atoms with van der Waals surface area (Å²) in [7, 11) is 0. The van der Waals surface area contributed by atoms with E-state index in [9.17, 15) is 4.79 Å². The molecule has 0 radical (unpaired) electrons. The third kappa shape index (κ3) is 3.72. The van der Waals surface area contributed by atoms with E-state index in [1.54, 1.807) is 0 Å². The van der Waals surface area contributed by atoms with Crippen LogP contribution in [0.2, 0.25) is 0 Å². The number of hydrogen-bond donors (Lipinski definition) is 2. The van der Waals surface area contributed by atoms with E-state index in [0.717, 1.165) is 12.1 Å². The maximum atomic E-state index is 11.1. The van der Waals surface area contributed by atoms with Crippen molar-refractivity contribution in [2.24, 2.45) is 5.73 Å². The van der Waals surface area contributed by atoms with Crippen LogP contribution in [0, 0.1) is 6.92 Å². The molecular formula is C12H18N2O. The molecule has 0 fully saturated rings. The molecule has 3 N–H and O–H groups in total. The van der Waals surface area contributed by atoms with Gasteiger partial charge in [-0.2, -0.15) is 0 Å². The molecule has 0 saturated heterocycles. The van der Waals surface area contributed by atoms with Crippen LogP contribution in [0.25, 0.3) is 0 Å². The molecule has 0 bridgehead atoms. The molecule has 0 unspecified atom stereocenters. The highest BCUT2D eigenvalue weighted by atomic mass is 16.1. The summed E-state index contributed by atoms with van der Waals surface area (Å²) in [6, 6.07) is 7.88. The highest BCUT2D eigenvalue weighted by molar-refractivity contribution is 5.80. The zero-order valence-electron chi connectivity index (χ0n) is 9.29. The predicted molar refractivity (Wildman–Crippen MR) is 61.5 cm³/mol. The van der Waals surface area contributed by atoms with Gasteiger partial charge in [0.1, 0.15) is 0 Å². The van der Waals surface area contributed by atoms with Gasteiger partial charge in [0.2, 0.25) is 5.91 Å². The number of primary amides is 1. The maximum absolute atomic E-state index is 11.1. The molecular weight excluding hydrogens is 188 g/mol. The third-order valence-electron chi connectivity index (χ3n) is 2.35. The molecule has 15 heavy (non-hydrogen) atoms. The van der Waals surface area contributed by atoms with Crippen LogP contribution in [0.1, 0.15) is 18.1 Å². The number of benzene rings is 1. The Morgan fingerprint density at radius 1 is 1.40 bits per heavy atom. The van der Waals surface area contributed by atoms with Crippen molar-refractivity contribution in [1.29, 1.82) is 0 Å². The molecule has 3 nitrogen and oxygen atoms in total. The van der Waals surface area contributed by atoms with E-state index in [1.807, 2.05) is 38.1 Å². The van der Waals surface area contributed by atoms with E-state index in [0.29, 0.717) is 6.42 Å². The summed E-state index contributed by atoms with van der Waals surface area (Å²) in [5.74, 6) is -0.294. The number of hydrogen-bond acceptors (Lipinski definition) is 2. The second-order valence-corrected chi connectivity index (χ2v) is 3.70. The fraction of sp³-hybridized carbons (Fsp3) is 0.417. The Kier molecular flexibility index (Phi) is 4.31. The van der Waals surface area contributed by atoms with Crippen molar-refractivity contribution in [2.45, 2.75) is 26.3 Å². The normalized spacial score (nSPS) is 12.4. The van der Waals surface area contributed by atoms with E-state index in [-0.39, 0.29) is 11.9 Å². The first-order chi connectivity index (χ1) is 7.13. The topological polar surface area (TPSA) is 55.1 Å². The van der Waals surface area contributed by atoms with Crippen LogP contribution in [0.15, 0.2) is 24.3 Å². The Morgan fingerprint density at radius 3 is 2.47 bits per heavy atom. The number of carbonyl (C=O) groups excluding carboxylic acids is 1. The molecule has 0 aliphatic rings. The van der Waals surface area contributed by atoms with E-state index in [4.69, 9.17) is 5.73 Å². The van der Waals surface area contributed by atoms with Crippen LogP contribution >= 0.6 is 0 Å². The Balaban J connectivity index is 2.65. The fourth-order valence-electron chi connectivity index (χ4n) is 1.48. The van der Waals surface area contributed by atoms with E-state index in [2.05, 4.69) is 5.32 Å². The van der Waals surface area contributed by atoms with Gasteiger partial charge in [0, 0.05) is 0 Å². The zero-order chi connectivity index (χ0) is 11.3. The molecule has 1 amide bonds. The number of nitrogens with two attached hydrogens (primary N) is 1. The van der Waals surface area contributed by atoms with Crippen LogP contribution in [0.5, 0.6) is 0 Å².